The lowest BCUT2D eigenvalue weighted by molar-refractivity contribution is 0.562. The van der Waals surface area contributed by atoms with E-state index in [0.717, 1.165) is 12.8 Å². The highest BCUT2D eigenvalue weighted by Gasteiger charge is 1.66. The van der Waals surface area contributed by atoms with Gasteiger partial charge in [-0.05, 0) is 12.8 Å². The van der Waals surface area contributed by atoms with Gasteiger partial charge in [0.1, 0.15) is 0 Å². The Morgan fingerprint density at radius 1 is 0.917 bits per heavy atom. The van der Waals surface area contributed by atoms with Crippen molar-refractivity contribution >= 4 is 12.2 Å². The molecular weight excluding hydrogens is 156 g/mol. The molecule has 0 spiro atoms. The summed E-state index contributed by atoms with van der Waals surface area (Å²) in [5.41, 5.74) is 0. The molecule has 4 nitrogen and oxygen atoms in total. The summed E-state index contributed by atoms with van der Waals surface area (Å²) >= 11 is 0. The molecule has 0 rings (SSSR count). The van der Waals surface area contributed by atoms with Crippen LogP contribution in [-0.4, -0.2) is 25.2 Å². The standard InChI is InChI=1S/2C4H7NO/c2*1-2-3-5-4-6/h2*2-3H2,1H3. The molecule has 0 aromatic carbocycles. The van der Waals surface area contributed by atoms with E-state index < -0.39 is 0 Å². The fourth-order valence-electron chi connectivity index (χ4n) is 0.315. The zero-order valence-corrected chi connectivity index (χ0v) is 7.54. The molecule has 0 saturated carbocycles. The van der Waals surface area contributed by atoms with Crippen LogP contribution in [0.25, 0.3) is 0 Å². The van der Waals surface area contributed by atoms with Gasteiger partial charge in [0.25, 0.3) is 0 Å². The zero-order chi connectivity index (χ0) is 9.66. The third kappa shape index (κ3) is 23.3. The average molecular weight is 170 g/mol. The quantitative estimate of drug-likeness (QED) is 0.473. The minimum Gasteiger partial charge on any atom is -0.211 e. The van der Waals surface area contributed by atoms with Crippen LogP contribution in [0.3, 0.4) is 0 Å². The van der Waals surface area contributed by atoms with E-state index in [4.69, 9.17) is 0 Å². The van der Waals surface area contributed by atoms with E-state index >= 15 is 0 Å². The first kappa shape index (κ1) is 13.4. The first-order chi connectivity index (χ1) is 5.83. The van der Waals surface area contributed by atoms with E-state index in [-0.39, 0.29) is 0 Å². The van der Waals surface area contributed by atoms with Gasteiger partial charge < -0.3 is 0 Å². The number of hydrogen-bond acceptors (Lipinski definition) is 4. The maximum absolute atomic E-state index is 9.27. The third-order valence-corrected chi connectivity index (χ3v) is 0.800. The lowest BCUT2D eigenvalue weighted by Crippen LogP contribution is -1.69. The normalized spacial score (nSPS) is 6.83. The molecule has 0 radical (unpaired) electrons. The van der Waals surface area contributed by atoms with Gasteiger partial charge in [0.05, 0.1) is 13.1 Å². The van der Waals surface area contributed by atoms with Crippen LogP contribution in [0.15, 0.2) is 9.98 Å². The molecule has 0 heterocycles. The van der Waals surface area contributed by atoms with E-state index in [9.17, 15) is 9.59 Å². The van der Waals surface area contributed by atoms with Crippen molar-refractivity contribution in [3.8, 4) is 0 Å². The smallest absolute Gasteiger partial charge is 0.211 e. The molecule has 0 N–H and O–H groups in total. The lowest BCUT2D eigenvalue weighted by Gasteiger charge is -1.71. The Hall–Kier alpha value is -1.24. The molecule has 0 aromatic rings. The van der Waals surface area contributed by atoms with Gasteiger partial charge in [0.15, 0.2) is 0 Å². The van der Waals surface area contributed by atoms with Gasteiger partial charge in [-0.15, -0.1) is 0 Å². The summed E-state index contributed by atoms with van der Waals surface area (Å²) in [4.78, 5) is 25.1. The first-order valence-corrected chi connectivity index (χ1v) is 3.90. The van der Waals surface area contributed by atoms with E-state index in [1.807, 2.05) is 13.8 Å². The van der Waals surface area contributed by atoms with Crippen LogP contribution in [0.1, 0.15) is 26.7 Å². The molecule has 4 heteroatoms. The van der Waals surface area contributed by atoms with Crippen LogP contribution in [-0.2, 0) is 9.59 Å². The summed E-state index contributed by atoms with van der Waals surface area (Å²) < 4.78 is 0. The maximum Gasteiger partial charge on any atom is 0.234 e. The Labute approximate surface area is 72.4 Å². The highest BCUT2D eigenvalue weighted by atomic mass is 16.1. The van der Waals surface area contributed by atoms with Crippen LogP contribution in [0.4, 0.5) is 0 Å². The monoisotopic (exact) mass is 170 g/mol. The van der Waals surface area contributed by atoms with Crippen molar-refractivity contribution in [2.24, 2.45) is 9.98 Å². The van der Waals surface area contributed by atoms with Crippen molar-refractivity contribution in [1.29, 1.82) is 0 Å². The highest BCUT2D eigenvalue weighted by molar-refractivity contribution is 5.32. The SMILES string of the molecule is CCCN=C=O.CCCN=C=O. The Morgan fingerprint density at radius 2 is 1.25 bits per heavy atom. The number of nitrogens with zero attached hydrogens (tertiary/aromatic N) is 2. The number of hydrogen-bond donors (Lipinski definition) is 0. The minimum absolute atomic E-state index is 0.615. The maximum atomic E-state index is 9.27. The fraction of sp³-hybridized carbons (Fsp3) is 0.750. The van der Waals surface area contributed by atoms with E-state index in [2.05, 4.69) is 9.98 Å². The van der Waals surface area contributed by atoms with Gasteiger partial charge in [0.2, 0.25) is 12.2 Å². The molecule has 0 saturated heterocycles. The average Bonchev–Trinajstić information content (AvgIpc) is 2.12. The topological polar surface area (TPSA) is 58.9 Å². The number of aliphatic imine (C=N–C) groups is 2. The molecular formula is C8H14N2O2. The van der Waals surface area contributed by atoms with Crippen molar-refractivity contribution in [1.82, 2.24) is 0 Å². The van der Waals surface area contributed by atoms with Crippen LogP contribution in [0.5, 0.6) is 0 Å². The molecule has 0 aromatic heterocycles. The largest absolute Gasteiger partial charge is 0.234 e. The summed E-state index contributed by atoms with van der Waals surface area (Å²) in [6, 6.07) is 0. The second-order valence-electron chi connectivity index (χ2n) is 1.95. The Bertz CT molecular complexity index is 148. The second kappa shape index (κ2) is 16.4. The molecule has 0 fully saturated rings. The van der Waals surface area contributed by atoms with E-state index in [1.165, 1.54) is 12.2 Å². The number of carbonyl (C=O) groups excluding carboxylic acids is 2. The highest BCUT2D eigenvalue weighted by Crippen LogP contribution is 1.71. The molecule has 0 aliphatic carbocycles. The van der Waals surface area contributed by atoms with Gasteiger partial charge in [-0.2, -0.15) is 0 Å². The molecule has 68 valence electrons. The van der Waals surface area contributed by atoms with Crippen molar-refractivity contribution in [3.63, 3.8) is 0 Å². The lowest BCUT2D eigenvalue weighted by atomic mass is 10.5. The fourth-order valence-corrected chi connectivity index (χ4v) is 0.315. The summed E-state index contributed by atoms with van der Waals surface area (Å²) in [5.74, 6) is 0. The van der Waals surface area contributed by atoms with Gasteiger partial charge >= 0.3 is 0 Å². The van der Waals surface area contributed by atoms with Crippen LogP contribution >= 0.6 is 0 Å². The summed E-state index contributed by atoms with van der Waals surface area (Å²) in [7, 11) is 0. The summed E-state index contributed by atoms with van der Waals surface area (Å²) in [5, 5.41) is 0. The predicted octanol–water partition coefficient (Wildman–Crippen LogP) is 1.46. The van der Waals surface area contributed by atoms with Crippen molar-refractivity contribution in [2.45, 2.75) is 26.7 Å². The molecule has 0 amide bonds. The summed E-state index contributed by atoms with van der Waals surface area (Å²) in [6.07, 6.45) is 4.74. The van der Waals surface area contributed by atoms with Crippen LogP contribution in [0, 0.1) is 0 Å². The van der Waals surface area contributed by atoms with Gasteiger partial charge in [-0.3, -0.25) is 0 Å². The molecule has 0 aliphatic heterocycles. The Kier molecular flexibility index (Phi) is 18.2. The molecule has 0 bridgehead atoms. The molecule has 0 atom stereocenters. The second-order valence-corrected chi connectivity index (χ2v) is 1.95. The Balaban J connectivity index is 0. The van der Waals surface area contributed by atoms with Crippen LogP contribution in [0.2, 0.25) is 0 Å². The van der Waals surface area contributed by atoms with Crippen LogP contribution < -0.4 is 0 Å². The van der Waals surface area contributed by atoms with E-state index in [1.54, 1.807) is 0 Å². The van der Waals surface area contributed by atoms with Crippen molar-refractivity contribution in [2.75, 3.05) is 13.1 Å². The van der Waals surface area contributed by atoms with Gasteiger partial charge in [0, 0.05) is 0 Å². The Morgan fingerprint density at radius 3 is 1.33 bits per heavy atom. The van der Waals surface area contributed by atoms with Gasteiger partial charge in [-0.1, -0.05) is 13.8 Å². The molecule has 0 aliphatic rings. The molecule has 0 unspecified atom stereocenters. The third-order valence-electron chi connectivity index (χ3n) is 0.800. The number of isocyanates is 2. The summed E-state index contributed by atoms with van der Waals surface area (Å²) in [6.45, 7) is 5.15. The van der Waals surface area contributed by atoms with E-state index in [0.29, 0.717) is 13.1 Å². The molecule has 12 heavy (non-hydrogen) atoms. The van der Waals surface area contributed by atoms with Gasteiger partial charge in [-0.25, -0.2) is 19.6 Å². The van der Waals surface area contributed by atoms with Crippen molar-refractivity contribution in [3.05, 3.63) is 0 Å². The number of rotatable bonds is 4. The van der Waals surface area contributed by atoms with Crippen molar-refractivity contribution < 1.29 is 9.59 Å². The zero-order valence-electron chi connectivity index (χ0n) is 7.54. The predicted molar refractivity (Wildman–Crippen MR) is 46.6 cm³/mol. The first-order valence-electron chi connectivity index (χ1n) is 3.90. The minimum atomic E-state index is 0.615.